The van der Waals surface area contributed by atoms with Gasteiger partial charge in [0.05, 0.1) is 0 Å². The van der Waals surface area contributed by atoms with E-state index in [2.05, 4.69) is 30.9 Å². The van der Waals surface area contributed by atoms with Crippen LogP contribution in [0.1, 0.15) is 19.8 Å². The summed E-state index contributed by atoms with van der Waals surface area (Å²) in [6.45, 7) is 3.24. The summed E-state index contributed by atoms with van der Waals surface area (Å²) in [6, 6.07) is 0. The largest absolute Gasteiger partial charge is 0.359 e. The van der Waals surface area contributed by atoms with Crippen LogP contribution in [0.15, 0.2) is 0 Å². The van der Waals surface area contributed by atoms with E-state index in [9.17, 15) is 4.79 Å². The van der Waals surface area contributed by atoms with Crippen molar-refractivity contribution in [3.63, 3.8) is 0 Å². The molecule has 0 aromatic carbocycles. The van der Waals surface area contributed by atoms with Crippen LogP contribution in [0.2, 0.25) is 5.28 Å². The minimum Gasteiger partial charge on any atom is -0.359 e. The van der Waals surface area contributed by atoms with Crippen LogP contribution >= 0.6 is 11.6 Å². The first-order valence-electron chi connectivity index (χ1n) is 5.75. The molecule has 1 aromatic rings. The van der Waals surface area contributed by atoms with Gasteiger partial charge in [0.1, 0.15) is 0 Å². The van der Waals surface area contributed by atoms with E-state index in [4.69, 9.17) is 11.6 Å². The number of amides is 1. The Morgan fingerprint density at radius 1 is 1.17 bits per heavy atom. The van der Waals surface area contributed by atoms with Gasteiger partial charge < -0.3 is 16.0 Å². The van der Waals surface area contributed by atoms with Crippen molar-refractivity contribution in [1.82, 2.24) is 20.3 Å². The molecule has 1 aromatic heterocycles. The molecular formula is C10H17ClN6O. The molecule has 1 rings (SSSR count). The van der Waals surface area contributed by atoms with Gasteiger partial charge in [0.15, 0.2) is 0 Å². The summed E-state index contributed by atoms with van der Waals surface area (Å²) in [5.74, 6) is 0.740. The molecule has 3 N–H and O–H groups in total. The molecule has 8 heteroatoms. The van der Waals surface area contributed by atoms with E-state index < -0.39 is 0 Å². The highest BCUT2D eigenvalue weighted by atomic mass is 35.5. The molecule has 0 fully saturated rings. The van der Waals surface area contributed by atoms with Gasteiger partial charge in [0.2, 0.25) is 23.1 Å². The Balaban J connectivity index is 2.54. The van der Waals surface area contributed by atoms with Crippen LogP contribution in [0.4, 0.5) is 11.9 Å². The quantitative estimate of drug-likeness (QED) is 0.683. The van der Waals surface area contributed by atoms with Crippen molar-refractivity contribution in [3.05, 3.63) is 5.28 Å². The predicted octanol–water partition coefficient (Wildman–Crippen LogP) is 0.895. The van der Waals surface area contributed by atoms with E-state index >= 15 is 0 Å². The summed E-state index contributed by atoms with van der Waals surface area (Å²) >= 11 is 5.78. The van der Waals surface area contributed by atoms with Gasteiger partial charge in [-0.05, 0) is 18.0 Å². The van der Waals surface area contributed by atoms with Crippen molar-refractivity contribution < 1.29 is 4.79 Å². The Kier molecular flexibility index (Phi) is 6.13. The minimum atomic E-state index is -0.0491. The van der Waals surface area contributed by atoms with Crippen molar-refractivity contribution in [1.29, 1.82) is 0 Å². The number of hydrogen-bond donors (Lipinski definition) is 3. The summed E-state index contributed by atoms with van der Waals surface area (Å²) in [6.07, 6.45) is 1.31. The second kappa shape index (κ2) is 7.65. The van der Waals surface area contributed by atoms with Crippen LogP contribution in [0.3, 0.4) is 0 Å². The number of anilines is 2. The van der Waals surface area contributed by atoms with E-state index in [1.54, 1.807) is 7.05 Å². The van der Waals surface area contributed by atoms with Gasteiger partial charge in [-0.25, -0.2) is 0 Å². The van der Waals surface area contributed by atoms with Gasteiger partial charge in [-0.3, -0.25) is 4.79 Å². The monoisotopic (exact) mass is 272 g/mol. The van der Waals surface area contributed by atoms with Crippen LogP contribution in [0.25, 0.3) is 0 Å². The molecule has 0 unspecified atom stereocenters. The Morgan fingerprint density at radius 3 is 2.33 bits per heavy atom. The highest BCUT2D eigenvalue weighted by Gasteiger charge is 2.04. The molecule has 0 saturated carbocycles. The normalized spacial score (nSPS) is 9.94. The SMILES string of the molecule is CCCNc1nc(Cl)nc(NCCC(=O)NC)n1. The highest BCUT2D eigenvalue weighted by molar-refractivity contribution is 6.28. The van der Waals surface area contributed by atoms with Crippen LogP contribution in [-0.4, -0.2) is 41.0 Å². The Morgan fingerprint density at radius 2 is 1.78 bits per heavy atom. The number of rotatable bonds is 7. The molecule has 18 heavy (non-hydrogen) atoms. The molecule has 0 atom stereocenters. The molecule has 1 amide bonds. The van der Waals surface area contributed by atoms with Crippen molar-refractivity contribution in [2.24, 2.45) is 0 Å². The molecule has 7 nitrogen and oxygen atoms in total. The fourth-order valence-corrected chi connectivity index (χ4v) is 1.32. The number of nitrogens with zero attached hydrogens (tertiary/aromatic N) is 3. The third-order valence-electron chi connectivity index (χ3n) is 2.06. The molecule has 0 radical (unpaired) electrons. The lowest BCUT2D eigenvalue weighted by Crippen LogP contribution is -2.21. The number of carbonyl (C=O) groups is 1. The average Bonchev–Trinajstić information content (AvgIpc) is 2.35. The summed E-state index contributed by atoms with van der Waals surface area (Å²) < 4.78 is 0. The Hall–Kier alpha value is -1.63. The van der Waals surface area contributed by atoms with Crippen molar-refractivity contribution in [2.75, 3.05) is 30.8 Å². The third kappa shape index (κ3) is 5.13. The summed E-state index contributed by atoms with van der Waals surface area (Å²) in [4.78, 5) is 23.0. The zero-order valence-electron chi connectivity index (χ0n) is 10.5. The van der Waals surface area contributed by atoms with Gasteiger partial charge >= 0.3 is 0 Å². The van der Waals surface area contributed by atoms with E-state index in [0.717, 1.165) is 13.0 Å². The number of aromatic nitrogens is 3. The van der Waals surface area contributed by atoms with Crippen LogP contribution < -0.4 is 16.0 Å². The van der Waals surface area contributed by atoms with Crippen molar-refractivity contribution in [3.8, 4) is 0 Å². The fourth-order valence-electron chi connectivity index (χ4n) is 1.16. The first-order valence-corrected chi connectivity index (χ1v) is 6.13. The summed E-state index contributed by atoms with van der Waals surface area (Å²) in [5.41, 5.74) is 0. The summed E-state index contributed by atoms with van der Waals surface area (Å²) in [7, 11) is 1.59. The van der Waals surface area contributed by atoms with Crippen LogP contribution in [0.5, 0.6) is 0 Å². The smallest absolute Gasteiger partial charge is 0.228 e. The lowest BCUT2D eigenvalue weighted by atomic mass is 10.4. The predicted molar refractivity (Wildman–Crippen MR) is 70.8 cm³/mol. The molecule has 0 aliphatic carbocycles. The zero-order valence-corrected chi connectivity index (χ0v) is 11.2. The van der Waals surface area contributed by atoms with Crippen LogP contribution in [0, 0.1) is 0 Å². The molecule has 100 valence electrons. The van der Waals surface area contributed by atoms with Gasteiger partial charge in [0.25, 0.3) is 0 Å². The number of carbonyl (C=O) groups excluding carboxylic acids is 1. The summed E-state index contributed by atoms with van der Waals surface area (Å²) in [5, 5.41) is 8.59. The molecule has 0 bridgehead atoms. The van der Waals surface area contributed by atoms with Gasteiger partial charge in [-0.2, -0.15) is 15.0 Å². The van der Waals surface area contributed by atoms with E-state index in [0.29, 0.717) is 24.9 Å². The standard InChI is InChI=1S/C10H17ClN6O/c1-3-5-13-9-15-8(11)16-10(17-9)14-6-4-7(18)12-2/h3-6H2,1-2H3,(H,12,18)(H2,13,14,15,16,17). The van der Waals surface area contributed by atoms with Gasteiger partial charge in [0, 0.05) is 26.6 Å². The number of halogens is 1. The van der Waals surface area contributed by atoms with E-state index in [1.807, 2.05) is 6.92 Å². The first-order chi connectivity index (χ1) is 8.65. The molecule has 0 spiro atoms. The Labute approximate surface area is 111 Å². The van der Waals surface area contributed by atoms with E-state index in [-0.39, 0.29) is 11.2 Å². The lowest BCUT2D eigenvalue weighted by molar-refractivity contribution is -0.120. The van der Waals surface area contributed by atoms with Crippen molar-refractivity contribution in [2.45, 2.75) is 19.8 Å². The van der Waals surface area contributed by atoms with Crippen LogP contribution in [-0.2, 0) is 4.79 Å². The molecule has 0 aliphatic heterocycles. The minimum absolute atomic E-state index is 0.0491. The molecule has 0 aliphatic rings. The zero-order chi connectivity index (χ0) is 13.4. The lowest BCUT2D eigenvalue weighted by Gasteiger charge is -2.07. The fraction of sp³-hybridized carbons (Fsp3) is 0.600. The second-order valence-electron chi connectivity index (χ2n) is 3.53. The van der Waals surface area contributed by atoms with Gasteiger partial charge in [-0.1, -0.05) is 6.92 Å². The molecular weight excluding hydrogens is 256 g/mol. The topological polar surface area (TPSA) is 91.8 Å². The van der Waals surface area contributed by atoms with Crippen molar-refractivity contribution >= 4 is 29.4 Å². The molecule has 1 heterocycles. The first kappa shape index (κ1) is 14.4. The maximum atomic E-state index is 11.0. The average molecular weight is 273 g/mol. The third-order valence-corrected chi connectivity index (χ3v) is 2.22. The van der Waals surface area contributed by atoms with Gasteiger partial charge in [-0.15, -0.1) is 0 Å². The number of nitrogens with one attached hydrogen (secondary N) is 3. The number of hydrogen-bond acceptors (Lipinski definition) is 6. The second-order valence-corrected chi connectivity index (χ2v) is 3.87. The maximum absolute atomic E-state index is 11.0. The van der Waals surface area contributed by atoms with E-state index in [1.165, 1.54) is 0 Å². The molecule has 0 saturated heterocycles. The Bertz CT molecular complexity index is 400. The highest BCUT2D eigenvalue weighted by Crippen LogP contribution is 2.09. The maximum Gasteiger partial charge on any atom is 0.228 e.